The van der Waals surface area contributed by atoms with Gasteiger partial charge in [0.2, 0.25) is 0 Å². The average molecular weight is 209 g/mol. The van der Waals surface area contributed by atoms with E-state index in [9.17, 15) is 4.79 Å². The van der Waals surface area contributed by atoms with Gasteiger partial charge in [-0.15, -0.1) is 0 Å². The summed E-state index contributed by atoms with van der Waals surface area (Å²) < 4.78 is 7.03. The molecule has 3 heteroatoms. The second-order valence-corrected chi connectivity index (χ2v) is 3.59. The van der Waals surface area contributed by atoms with Gasteiger partial charge in [-0.3, -0.25) is 0 Å². The molecule has 1 aromatic rings. The number of unbranched alkanes of at least 4 members (excludes halogenated alkanes) is 1. The SMILES string of the molecule is CCCCn1c(C)ccc1C(=O)OCC. The summed E-state index contributed by atoms with van der Waals surface area (Å²) in [5, 5.41) is 0. The number of nitrogens with zero attached hydrogens (tertiary/aromatic N) is 1. The zero-order valence-electron chi connectivity index (χ0n) is 9.75. The molecular weight excluding hydrogens is 190 g/mol. The van der Waals surface area contributed by atoms with Crippen LogP contribution in [0.25, 0.3) is 0 Å². The Kier molecular flexibility index (Phi) is 4.40. The van der Waals surface area contributed by atoms with Gasteiger partial charge in [0.1, 0.15) is 5.69 Å². The summed E-state index contributed by atoms with van der Waals surface area (Å²) in [5.41, 5.74) is 1.79. The van der Waals surface area contributed by atoms with E-state index in [1.807, 2.05) is 30.5 Å². The molecule has 0 atom stereocenters. The van der Waals surface area contributed by atoms with Gasteiger partial charge < -0.3 is 9.30 Å². The van der Waals surface area contributed by atoms with E-state index in [-0.39, 0.29) is 5.97 Å². The van der Waals surface area contributed by atoms with Gasteiger partial charge >= 0.3 is 5.97 Å². The number of carbonyl (C=O) groups is 1. The first kappa shape index (κ1) is 11.8. The monoisotopic (exact) mass is 209 g/mol. The summed E-state index contributed by atoms with van der Waals surface area (Å²) in [6.45, 7) is 7.30. The number of esters is 1. The van der Waals surface area contributed by atoms with Gasteiger partial charge in [0.25, 0.3) is 0 Å². The quantitative estimate of drug-likeness (QED) is 0.698. The maximum absolute atomic E-state index is 11.6. The molecule has 1 heterocycles. The number of aryl methyl sites for hydroxylation is 1. The standard InChI is InChI=1S/C12H19NO2/c1-4-6-9-13-10(3)7-8-11(13)12(14)15-5-2/h7-8H,4-6,9H2,1-3H3. The predicted molar refractivity (Wildman–Crippen MR) is 60.0 cm³/mol. The van der Waals surface area contributed by atoms with Gasteiger partial charge in [-0.25, -0.2) is 4.79 Å². The Hall–Kier alpha value is -1.25. The Labute approximate surface area is 91.0 Å². The number of carbonyl (C=O) groups excluding carboxylic acids is 1. The minimum Gasteiger partial charge on any atom is -0.461 e. The Morgan fingerprint density at radius 3 is 2.73 bits per heavy atom. The zero-order chi connectivity index (χ0) is 11.3. The van der Waals surface area contributed by atoms with Crippen molar-refractivity contribution in [3.63, 3.8) is 0 Å². The first-order valence-electron chi connectivity index (χ1n) is 5.54. The van der Waals surface area contributed by atoms with E-state index in [1.165, 1.54) is 0 Å². The van der Waals surface area contributed by atoms with Crippen molar-refractivity contribution >= 4 is 5.97 Å². The summed E-state index contributed by atoms with van der Waals surface area (Å²) in [5.74, 6) is -0.221. The Bertz CT molecular complexity index is 328. The second kappa shape index (κ2) is 5.59. The van der Waals surface area contributed by atoms with Gasteiger partial charge in [0.05, 0.1) is 6.61 Å². The van der Waals surface area contributed by atoms with E-state index in [1.54, 1.807) is 0 Å². The summed E-state index contributed by atoms with van der Waals surface area (Å²) in [6.07, 6.45) is 2.21. The van der Waals surface area contributed by atoms with Crippen LogP contribution in [0.3, 0.4) is 0 Å². The molecule has 0 fully saturated rings. The fourth-order valence-corrected chi connectivity index (χ4v) is 1.57. The van der Waals surface area contributed by atoms with Crippen LogP contribution in [-0.4, -0.2) is 17.1 Å². The third-order valence-corrected chi connectivity index (χ3v) is 2.42. The van der Waals surface area contributed by atoms with Crippen molar-refractivity contribution in [2.75, 3.05) is 6.61 Å². The Morgan fingerprint density at radius 2 is 2.13 bits per heavy atom. The van der Waals surface area contributed by atoms with Crippen molar-refractivity contribution in [1.29, 1.82) is 0 Å². The first-order chi connectivity index (χ1) is 7.20. The molecule has 0 N–H and O–H groups in total. The zero-order valence-corrected chi connectivity index (χ0v) is 9.75. The summed E-state index contributed by atoms with van der Waals surface area (Å²) in [7, 11) is 0. The molecule has 0 bridgehead atoms. The molecule has 0 amide bonds. The van der Waals surface area contributed by atoms with Crippen molar-refractivity contribution in [3.8, 4) is 0 Å². The molecule has 0 aliphatic heterocycles. The van der Waals surface area contributed by atoms with Crippen molar-refractivity contribution in [1.82, 2.24) is 4.57 Å². The fraction of sp³-hybridized carbons (Fsp3) is 0.583. The Balaban J connectivity index is 2.82. The number of hydrogen-bond donors (Lipinski definition) is 0. The highest BCUT2D eigenvalue weighted by atomic mass is 16.5. The molecular formula is C12H19NO2. The maximum atomic E-state index is 11.6. The van der Waals surface area contributed by atoms with Crippen molar-refractivity contribution in [2.45, 2.75) is 40.2 Å². The number of ether oxygens (including phenoxy) is 1. The smallest absolute Gasteiger partial charge is 0.354 e. The fourth-order valence-electron chi connectivity index (χ4n) is 1.57. The van der Waals surface area contributed by atoms with Crippen molar-refractivity contribution in [3.05, 3.63) is 23.5 Å². The van der Waals surface area contributed by atoms with Crippen LogP contribution in [0.4, 0.5) is 0 Å². The average Bonchev–Trinajstić information content (AvgIpc) is 2.57. The lowest BCUT2D eigenvalue weighted by molar-refractivity contribution is 0.0513. The van der Waals surface area contributed by atoms with Crippen LogP contribution in [0.2, 0.25) is 0 Å². The van der Waals surface area contributed by atoms with Crippen LogP contribution in [0.15, 0.2) is 12.1 Å². The molecule has 1 aromatic heterocycles. The van der Waals surface area contributed by atoms with Crippen LogP contribution in [0.1, 0.15) is 42.9 Å². The molecule has 0 unspecified atom stereocenters. The number of hydrogen-bond acceptors (Lipinski definition) is 2. The minimum absolute atomic E-state index is 0.221. The topological polar surface area (TPSA) is 31.2 Å². The molecule has 0 saturated carbocycles. The molecule has 1 rings (SSSR count). The lowest BCUT2D eigenvalue weighted by Crippen LogP contribution is -2.13. The van der Waals surface area contributed by atoms with Crippen LogP contribution in [-0.2, 0) is 11.3 Å². The highest BCUT2D eigenvalue weighted by Crippen LogP contribution is 2.11. The number of rotatable bonds is 5. The van der Waals surface area contributed by atoms with E-state index in [0.717, 1.165) is 25.1 Å². The van der Waals surface area contributed by atoms with E-state index in [0.29, 0.717) is 12.3 Å². The van der Waals surface area contributed by atoms with Crippen molar-refractivity contribution in [2.24, 2.45) is 0 Å². The van der Waals surface area contributed by atoms with Crippen LogP contribution >= 0.6 is 0 Å². The summed E-state index contributed by atoms with van der Waals surface area (Å²) in [4.78, 5) is 11.6. The second-order valence-electron chi connectivity index (χ2n) is 3.59. The molecule has 0 aliphatic rings. The first-order valence-corrected chi connectivity index (χ1v) is 5.54. The summed E-state index contributed by atoms with van der Waals surface area (Å²) >= 11 is 0. The molecule has 0 aliphatic carbocycles. The van der Waals surface area contributed by atoms with Crippen LogP contribution in [0, 0.1) is 6.92 Å². The van der Waals surface area contributed by atoms with Gasteiger partial charge in [-0.1, -0.05) is 13.3 Å². The molecule has 0 saturated heterocycles. The molecule has 3 nitrogen and oxygen atoms in total. The maximum Gasteiger partial charge on any atom is 0.354 e. The third-order valence-electron chi connectivity index (χ3n) is 2.42. The van der Waals surface area contributed by atoms with Crippen LogP contribution in [0.5, 0.6) is 0 Å². The van der Waals surface area contributed by atoms with Crippen molar-refractivity contribution < 1.29 is 9.53 Å². The van der Waals surface area contributed by atoms with Crippen LogP contribution < -0.4 is 0 Å². The summed E-state index contributed by atoms with van der Waals surface area (Å²) in [6, 6.07) is 3.80. The molecule has 0 radical (unpaired) electrons. The largest absolute Gasteiger partial charge is 0.461 e. The number of aromatic nitrogens is 1. The lowest BCUT2D eigenvalue weighted by atomic mass is 10.3. The van der Waals surface area contributed by atoms with Gasteiger partial charge in [-0.2, -0.15) is 0 Å². The molecule has 0 spiro atoms. The lowest BCUT2D eigenvalue weighted by Gasteiger charge is -2.09. The predicted octanol–water partition coefficient (Wildman–Crippen LogP) is 2.77. The highest BCUT2D eigenvalue weighted by molar-refractivity contribution is 5.87. The van der Waals surface area contributed by atoms with E-state index >= 15 is 0 Å². The normalized spacial score (nSPS) is 10.3. The highest BCUT2D eigenvalue weighted by Gasteiger charge is 2.13. The van der Waals surface area contributed by atoms with Gasteiger partial charge in [0.15, 0.2) is 0 Å². The van der Waals surface area contributed by atoms with E-state index in [2.05, 4.69) is 6.92 Å². The Morgan fingerprint density at radius 1 is 1.40 bits per heavy atom. The van der Waals surface area contributed by atoms with E-state index < -0.39 is 0 Å². The van der Waals surface area contributed by atoms with Gasteiger partial charge in [0, 0.05) is 12.2 Å². The minimum atomic E-state index is -0.221. The van der Waals surface area contributed by atoms with E-state index in [4.69, 9.17) is 4.74 Å². The molecule has 84 valence electrons. The molecule has 0 aromatic carbocycles. The molecule has 15 heavy (non-hydrogen) atoms. The van der Waals surface area contributed by atoms with Gasteiger partial charge in [-0.05, 0) is 32.4 Å². The third kappa shape index (κ3) is 2.85.